The van der Waals surface area contributed by atoms with Crippen LogP contribution >= 0.6 is 0 Å². The van der Waals surface area contributed by atoms with Crippen LogP contribution in [0.2, 0.25) is 0 Å². The van der Waals surface area contributed by atoms with Crippen molar-refractivity contribution in [3.8, 4) is 0 Å². The Morgan fingerprint density at radius 3 is 1.32 bits per heavy atom. The van der Waals surface area contributed by atoms with Gasteiger partial charge in [-0.15, -0.1) is 0 Å². The van der Waals surface area contributed by atoms with Crippen molar-refractivity contribution in [2.24, 2.45) is 0 Å². The van der Waals surface area contributed by atoms with Gasteiger partial charge in [-0.2, -0.15) is 0 Å². The Labute approximate surface area is 149 Å². The molecule has 0 aliphatic heterocycles. The van der Waals surface area contributed by atoms with Gasteiger partial charge in [0.25, 0.3) is 0 Å². The van der Waals surface area contributed by atoms with Gasteiger partial charge in [0, 0.05) is 16.9 Å². The first kappa shape index (κ1) is 15.7. The van der Waals surface area contributed by atoms with E-state index in [2.05, 4.69) is 111 Å². The number of fused-ring (bicyclic) bond motifs is 2. The molecule has 1 nitrogen and oxygen atoms in total. The highest BCUT2D eigenvalue weighted by atomic mass is 15.2. The Morgan fingerprint density at radius 2 is 0.920 bits per heavy atom. The topological polar surface area (TPSA) is 3.24 Å². The van der Waals surface area contributed by atoms with Crippen LogP contribution in [0.3, 0.4) is 0 Å². The van der Waals surface area contributed by atoms with Crippen molar-refractivity contribution in [3.63, 3.8) is 0 Å². The Hall–Kier alpha value is -2.80. The number of hydrogen-bond acceptors (Lipinski definition) is 1. The SMILES string of the molecule is CC(C)(C)N(c1ccc2ccccc2c1)c1ccc2ccccc2c1. The van der Waals surface area contributed by atoms with Gasteiger partial charge in [0.2, 0.25) is 0 Å². The summed E-state index contributed by atoms with van der Waals surface area (Å²) in [7, 11) is 0. The molecule has 25 heavy (non-hydrogen) atoms. The van der Waals surface area contributed by atoms with Gasteiger partial charge >= 0.3 is 0 Å². The molecular formula is C24H23N. The molecule has 0 saturated heterocycles. The summed E-state index contributed by atoms with van der Waals surface area (Å²) in [6, 6.07) is 30.5. The van der Waals surface area contributed by atoms with Crippen LogP contribution in [0.15, 0.2) is 84.9 Å². The Bertz CT molecular complexity index is 961. The minimum absolute atomic E-state index is 0.0229. The lowest BCUT2D eigenvalue weighted by molar-refractivity contribution is 0.560. The first-order chi connectivity index (χ1) is 12.0. The van der Waals surface area contributed by atoms with E-state index in [9.17, 15) is 0 Å². The minimum atomic E-state index is -0.0229. The molecular weight excluding hydrogens is 302 g/mol. The molecule has 4 aromatic rings. The smallest absolute Gasteiger partial charge is 0.0422 e. The van der Waals surface area contributed by atoms with E-state index in [4.69, 9.17) is 0 Å². The first-order valence-corrected chi connectivity index (χ1v) is 8.80. The predicted molar refractivity (Wildman–Crippen MR) is 110 cm³/mol. The molecule has 0 unspecified atom stereocenters. The molecule has 0 aliphatic rings. The van der Waals surface area contributed by atoms with Gasteiger partial charge in [0.05, 0.1) is 0 Å². The maximum atomic E-state index is 2.42. The van der Waals surface area contributed by atoms with Crippen molar-refractivity contribution in [3.05, 3.63) is 84.9 Å². The number of nitrogens with zero attached hydrogens (tertiary/aromatic N) is 1. The molecule has 0 atom stereocenters. The van der Waals surface area contributed by atoms with Crippen molar-refractivity contribution >= 4 is 32.9 Å². The fraction of sp³-hybridized carbons (Fsp3) is 0.167. The highest BCUT2D eigenvalue weighted by molar-refractivity contribution is 5.90. The molecule has 4 aromatic carbocycles. The van der Waals surface area contributed by atoms with Crippen LogP contribution in [0, 0.1) is 0 Å². The van der Waals surface area contributed by atoms with Gasteiger partial charge in [-0.05, 0) is 66.6 Å². The van der Waals surface area contributed by atoms with Crippen LogP contribution in [0.1, 0.15) is 20.8 Å². The van der Waals surface area contributed by atoms with Crippen LogP contribution in [0.25, 0.3) is 21.5 Å². The zero-order chi connectivity index (χ0) is 17.4. The fourth-order valence-electron chi connectivity index (χ4n) is 3.56. The van der Waals surface area contributed by atoms with Gasteiger partial charge in [-0.25, -0.2) is 0 Å². The second-order valence-corrected chi connectivity index (χ2v) is 7.57. The summed E-state index contributed by atoms with van der Waals surface area (Å²) in [6.07, 6.45) is 0. The lowest BCUT2D eigenvalue weighted by Gasteiger charge is -2.38. The normalized spacial score (nSPS) is 11.8. The highest BCUT2D eigenvalue weighted by Gasteiger charge is 2.23. The number of benzene rings is 4. The maximum Gasteiger partial charge on any atom is 0.0422 e. The average Bonchev–Trinajstić information content (AvgIpc) is 2.60. The molecule has 0 aromatic heterocycles. The maximum absolute atomic E-state index is 2.42. The third-order valence-corrected chi connectivity index (χ3v) is 4.65. The van der Waals surface area contributed by atoms with Crippen LogP contribution < -0.4 is 4.90 Å². The number of rotatable bonds is 2. The van der Waals surface area contributed by atoms with Gasteiger partial charge in [-0.3, -0.25) is 0 Å². The number of anilines is 2. The summed E-state index contributed by atoms with van der Waals surface area (Å²) in [4.78, 5) is 2.42. The third kappa shape index (κ3) is 2.98. The molecule has 0 aliphatic carbocycles. The van der Waals surface area contributed by atoms with E-state index in [1.807, 2.05) is 0 Å². The van der Waals surface area contributed by atoms with E-state index in [0.29, 0.717) is 0 Å². The second-order valence-electron chi connectivity index (χ2n) is 7.57. The highest BCUT2D eigenvalue weighted by Crippen LogP contribution is 2.36. The average molecular weight is 325 g/mol. The molecule has 124 valence electrons. The van der Waals surface area contributed by atoms with E-state index in [-0.39, 0.29) is 5.54 Å². The molecule has 0 amide bonds. The van der Waals surface area contributed by atoms with Crippen LogP contribution in [0.5, 0.6) is 0 Å². The summed E-state index contributed by atoms with van der Waals surface area (Å²) < 4.78 is 0. The summed E-state index contributed by atoms with van der Waals surface area (Å²) in [5, 5.41) is 5.10. The van der Waals surface area contributed by atoms with E-state index < -0.39 is 0 Å². The van der Waals surface area contributed by atoms with Crippen LogP contribution in [-0.2, 0) is 0 Å². The Balaban J connectivity index is 1.89. The quantitative estimate of drug-likeness (QED) is 0.386. The molecule has 0 bridgehead atoms. The Kier molecular flexibility index (Phi) is 3.73. The van der Waals surface area contributed by atoms with Crippen molar-refractivity contribution in [1.82, 2.24) is 0 Å². The van der Waals surface area contributed by atoms with Crippen molar-refractivity contribution in [2.75, 3.05) is 4.90 Å². The lowest BCUT2D eigenvalue weighted by atomic mass is 10.0. The summed E-state index contributed by atoms with van der Waals surface area (Å²) >= 11 is 0. The van der Waals surface area contributed by atoms with Crippen LogP contribution in [-0.4, -0.2) is 5.54 Å². The summed E-state index contributed by atoms with van der Waals surface area (Å²) in [5.74, 6) is 0. The van der Waals surface area contributed by atoms with Gasteiger partial charge in [0.15, 0.2) is 0 Å². The summed E-state index contributed by atoms with van der Waals surface area (Å²) in [6.45, 7) is 6.78. The lowest BCUT2D eigenvalue weighted by Crippen LogP contribution is -2.37. The summed E-state index contributed by atoms with van der Waals surface area (Å²) in [5.41, 5.74) is 2.42. The van der Waals surface area contributed by atoms with Crippen molar-refractivity contribution < 1.29 is 0 Å². The molecule has 0 spiro atoms. The van der Waals surface area contributed by atoms with Gasteiger partial charge in [-0.1, -0.05) is 60.7 Å². The standard InChI is InChI=1S/C24H23N/c1-24(2,3)25(22-14-12-18-8-4-6-10-20(18)16-22)23-15-13-19-9-5-7-11-21(19)17-23/h4-17H,1-3H3. The van der Waals surface area contributed by atoms with Crippen LogP contribution in [0.4, 0.5) is 11.4 Å². The molecule has 1 heteroatoms. The zero-order valence-corrected chi connectivity index (χ0v) is 15.0. The monoisotopic (exact) mass is 325 g/mol. The molecule has 0 saturated carbocycles. The first-order valence-electron chi connectivity index (χ1n) is 8.80. The van der Waals surface area contributed by atoms with E-state index >= 15 is 0 Å². The predicted octanol–water partition coefficient (Wildman–Crippen LogP) is 6.93. The van der Waals surface area contributed by atoms with E-state index in [0.717, 1.165) is 0 Å². The second kappa shape index (κ2) is 5.93. The zero-order valence-electron chi connectivity index (χ0n) is 15.0. The minimum Gasteiger partial charge on any atom is -0.336 e. The third-order valence-electron chi connectivity index (χ3n) is 4.65. The van der Waals surface area contributed by atoms with E-state index in [1.54, 1.807) is 0 Å². The van der Waals surface area contributed by atoms with Crippen molar-refractivity contribution in [1.29, 1.82) is 0 Å². The largest absolute Gasteiger partial charge is 0.336 e. The van der Waals surface area contributed by atoms with E-state index in [1.165, 1.54) is 32.9 Å². The molecule has 0 N–H and O–H groups in total. The van der Waals surface area contributed by atoms with Gasteiger partial charge < -0.3 is 4.90 Å². The molecule has 0 radical (unpaired) electrons. The van der Waals surface area contributed by atoms with Crippen molar-refractivity contribution in [2.45, 2.75) is 26.3 Å². The molecule has 0 heterocycles. The van der Waals surface area contributed by atoms with Gasteiger partial charge in [0.1, 0.15) is 0 Å². The fourth-order valence-corrected chi connectivity index (χ4v) is 3.56. The molecule has 4 rings (SSSR count). The number of hydrogen-bond donors (Lipinski definition) is 0. The molecule has 0 fully saturated rings. The Morgan fingerprint density at radius 1 is 0.520 bits per heavy atom.